The van der Waals surface area contributed by atoms with Gasteiger partial charge in [-0.2, -0.15) is 0 Å². The maximum atomic E-state index is 12.1. The van der Waals surface area contributed by atoms with Crippen molar-refractivity contribution in [2.45, 2.75) is 59.8 Å². The molecule has 0 saturated heterocycles. The number of rotatable bonds is 8. The van der Waals surface area contributed by atoms with Crippen molar-refractivity contribution in [2.75, 3.05) is 18.4 Å². The van der Waals surface area contributed by atoms with Gasteiger partial charge < -0.3 is 9.42 Å². The van der Waals surface area contributed by atoms with Crippen molar-refractivity contribution in [3.8, 4) is 0 Å². The van der Waals surface area contributed by atoms with Gasteiger partial charge in [0.1, 0.15) is 5.76 Å². The number of amides is 2. The van der Waals surface area contributed by atoms with Crippen LogP contribution in [0.5, 0.6) is 0 Å². The second-order valence-corrected chi connectivity index (χ2v) is 4.89. The van der Waals surface area contributed by atoms with Crippen molar-refractivity contribution in [3.63, 3.8) is 0 Å². The summed E-state index contributed by atoms with van der Waals surface area (Å²) in [7, 11) is 0. The molecule has 1 aromatic heterocycles. The number of unbranched alkanes of at least 4 members (excludes halogenated alkanes) is 1. The van der Waals surface area contributed by atoms with Gasteiger partial charge in [-0.1, -0.05) is 31.8 Å². The smallest absolute Gasteiger partial charge is 0.323 e. The van der Waals surface area contributed by atoms with Crippen molar-refractivity contribution in [2.24, 2.45) is 0 Å². The van der Waals surface area contributed by atoms with Gasteiger partial charge in [-0.3, -0.25) is 5.32 Å². The van der Waals surface area contributed by atoms with Crippen LogP contribution in [0.4, 0.5) is 10.6 Å². The van der Waals surface area contributed by atoms with E-state index in [1.54, 1.807) is 4.90 Å². The fourth-order valence-corrected chi connectivity index (χ4v) is 2.17. The Morgan fingerprint density at radius 1 is 1.15 bits per heavy atom. The Bertz CT molecular complexity index is 411. The van der Waals surface area contributed by atoms with Gasteiger partial charge in [0, 0.05) is 25.1 Å². The molecule has 5 heteroatoms. The summed E-state index contributed by atoms with van der Waals surface area (Å²) < 4.78 is 5.42. The van der Waals surface area contributed by atoms with E-state index in [2.05, 4.69) is 24.3 Å². The summed E-state index contributed by atoms with van der Waals surface area (Å²) in [5.74, 6) is 1.51. The average Bonchev–Trinajstić information content (AvgIpc) is 2.81. The van der Waals surface area contributed by atoms with E-state index in [-0.39, 0.29) is 6.03 Å². The molecule has 5 nitrogen and oxygen atoms in total. The molecular weight excluding hydrogens is 254 g/mol. The van der Waals surface area contributed by atoms with Gasteiger partial charge in [0.15, 0.2) is 5.82 Å². The lowest BCUT2D eigenvalue weighted by Crippen LogP contribution is -2.34. The van der Waals surface area contributed by atoms with Crippen molar-refractivity contribution in [3.05, 3.63) is 11.3 Å². The van der Waals surface area contributed by atoms with E-state index >= 15 is 0 Å². The summed E-state index contributed by atoms with van der Waals surface area (Å²) in [4.78, 5) is 13.8. The van der Waals surface area contributed by atoms with E-state index in [1.807, 2.05) is 13.8 Å². The second kappa shape index (κ2) is 8.61. The molecule has 0 unspecified atom stereocenters. The average molecular weight is 281 g/mol. The molecule has 1 aromatic rings. The number of nitrogens with one attached hydrogen (secondary N) is 1. The monoisotopic (exact) mass is 281 g/mol. The number of carbonyl (C=O) groups excluding carboxylic acids is 1. The quantitative estimate of drug-likeness (QED) is 0.787. The molecule has 20 heavy (non-hydrogen) atoms. The van der Waals surface area contributed by atoms with Crippen LogP contribution in [-0.2, 0) is 12.8 Å². The highest BCUT2D eigenvalue weighted by Gasteiger charge is 2.18. The summed E-state index contributed by atoms with van der Waals surface area (Å²) in [6, 6.07) is -0.109. The number of anilines is 1. The summed E-state index contributed by atoms with van der Waals surface area (Å²) in [6.45, 7) is 9.57. The molecule has 2 amide bonds. The first kappa shape index (κ1) is 16.5. The summed E-state index contributed by atoms with van der Waals surface area (Å²) in [6.07, 6.45) is 4.98. The van der Waals surface area contributed by atoms with Crippen LogP contribution in [0.2, 0.25) is 0 Å². The number of carbonyl (C=O) groups is 1. The van der Waals surface area contributed by atoms with E-state index in [9.17, 15) is 4.79 Å². The predicted octanol–water partition coefficient (Wildman–Crippen LogP) is 3.84. The molecule has 0 spiro atoms. The molecule has 0 atom stereocenters. The predicted molar refractivity (Wildman–Crippen MR) is 81.0 cm³/mol. The molecule has 0 bridgehead atoms. The van der Waals surface area contributed by atoms with Crippen LogP contribution < -0.4 is 5.32 Å². The second-order valence-electron chi connectivity index (χ2n) is 4.89. The Morgan fingerprint density at radius 2 is 1.85 bits per heavy atom. The number of hydrogen-bond acceptors (Lipinski definition) is 3. The maximum Gasteiger partial charge on any atom is 0.323 e. The maximum absolute atomic E-state index is 12.1. The van der Waals surface area contributed by atoms with Gasteiger partial charge in [-0.15, -0.1) is 0 Å². The molecule has 0 fully saturated rings. The number of urea groups is 1. The van der Waals surface area contributed by atoms with E-state index < -0.39 is 0 Å². The van der Waals surface area contributed by atoms with Gasteiger partial charge in [0.25, 0.3) is 0 Å². The highest BCUT2D eigenvalue weighted by Crippen LogP contribution is 2.23. The molecule has 0 aliphatic heterocycles. The normalized spacial score (nSPS) is 10.6. The molecular formula is C15H27N3O2. The Labute approximate surface area is 121 Å². The van der Waals surface area contributed by atoms with Crippen LogP contribution in [0.25, 0.3) is 0 Å². The van der Waals surface area contributed by atoms with E-state index in [0.29, 0.717) is 18.9 Å². The zero-order chi connectivity index (χ0) is 15.0. The molecule has 1 N–H and O–H groups in total. The Hall–Kier alpha value is -1.52. The van der Waals surface area contributed by atoms with Crippen LogP contribution in [0, 0.1) is 0 Å². The van der Waals surface area contributed by atoms with Gasteiger partial charge in [0.05, 0.1) is 0 Å². The van der Waals surface area contributed by atoms with E-state index in [1.165, 1.54) is 0 Å². The Balaban J connectivity index is 2.83. The van der Waals surface area contributed by atoms with Crippen molar-refractivity contribution in [1.29, 1.82) is 0 Å². The van der Waals surface area contributed by atoms with E-state index in [0.717, 1.165) is 43.4 Å². The SMILES string of the molecule is CCCCc1onc(NC(=O)N(CC)CC)c1CCC. The molecule has 1 rings (SSSR count). The largest absolute Gasteiger partial charge is 0.359 e. The van der Waals surface area contributed by atoms with E-state index in [4.69, 9.17) is 4.52 Å². The molecule has 0 aliphatic rings. The fourth-order valence-electron chi connectivity index (χ4n) is 2.17. The lowest BCUT2D eigenvalue weighted by molar-refractivity contribution is 0.217. The first-order valence-electron chi connectivity index (χ1n) is 7.71. The molecule has 114 valence electrons. The van der Waals surface area contributed by atoms with Crippen LogP contribution in [0.1, 0.15) is 58.3 Å². The van der Waals surface area contributed by atoms with Crippen molar-refractivity contribution >= 4 is 11.8 Å². The third-order valence-electron chi connectivity index (χ3n) is 3.40. The van der Waals surface area contributed by atoms with Crippen LogP contribution in [-0.4, -0.2) is 29.2 Å². The van der Waals surface area contributed by atoms with Crippen molar-refractivity contribution in [1.82, 2.24) is 10.1 Å². The summed E-state index contributed by atoms with van der Waals surface area (Å²) in [5, 5.41) is 6.92. The standard InChI is InChI=1S/C15H27N3O2/c1-5-9-11-13-12(10-6-2)14(17-20-13)16-15(19)18(7-3)8-4/h5-11H2,1-4H3,(H,16,17,19). The minimum Gasteiger partial charge on any atom is -0.359 e. The zero-order valence-electron chi connectivity index (χ0n) is 13.2. The minimum atomic E-state index is -0.109. The third kappa shape index (κ3) is 4.25. The van der Waals surface area contributed by atoms with Gasteiger partial charge in [-0.05, 0) is 26.7 Å². The highest BCUT2D eigenvalue weighted by atomic mass is 16.5. The lowest BCUT2D eigenvalue weighted by atomic mass is 10.1. The lowest BCUT2D eigenvalue weighted by Gasteiger charge is -2.18. The molecule has 0 radical (unpaired) electrons. The van der Waals surface area contributed by atoms with Crippen LogP contribution >= 0.6 is 0 Å². The van der Waals surface area contributed by atoms with Gasteiger partial charge >= 0.3 is 6.03 Å². The number of nitrogens with zero attached hydrogens (tertiary/aromatic N) is 2. The Morgan fingerprint density at radius 3 is 2.40 bits per heavy atom. The summed E-state index contributed by atoms with van der Waals surface area (Å²) >= 11 is 0. The topological polar surface area (TPSA) is 58.4 Å². The molecule has 1 heterocycles. The Kier molecular flexibility index (Phi) is 7.12. The van der Waals surface area contributed by atoms with Gasteiger partial charge in [-0.25, -0.2) is 4.79 Å². The fraction of sp³-hybridized carbons (Fsp3) is 0.733. The molecule has 0 aliphatic carbocycles. The summed E-state index contributed by atoms with van der Waals surface area (Å²) in [5.41, 5.74) is 1.06. The van der Waals surface area contributed by atoms with Crippen molar-refractivity contribution < 1.29 is 9.32 Å². The molecule has 0 saturated carbocycles. The number of hydrogen-bond donors (Lipinski definition) is 1. The first-order valence-corrected chi connectivity index (χ1v) is 7.71. The zero-order valence-corrected chi connectivity index (χ0v) is 13.2. The number of aromatic nitrogens is 1. The van der Waals surface area contributed by atoms with Crippen LogP contribution in [0.3, 0.4) is 0 Å². The number of aryl methyl sites for hydroxylation is 1. The first-order chi connectivity index (χ1) is 9.67. The van der Waals surface area contributed by atoms with Crippen LogP contribution in [0.15, 0.2) is 4.52 Å². The third-order valence-corrected chi connectivity index (χ3v) is 3.40. The minimum absolute atomic E-state index is 0.109. The molecule has 0 aromatic carbocycles. The van der Waals surface area contributed by atoms with Gasteiger partial charge in [0.2, 0.25) is 0 Å². The highest BCUT2D eigenvalue weighted by molar-refractivity contribution is 5.89.